The first-order valence-electron chi connectivity index (χ1n) is 10.9. The van der Waals surface area contributed by atoms with Gasteiger partial charge in [0.1, 0.15) is 0 Å². The Kier molecular flexibility index (Phi) is 4.58. The van der Waals surface area contributed by atoms with Gasteiger partial charge in [-0.25, -0.2) is 23.1 Å². The number of aromatic amines is 1. The number of H-pyrrole nitrogens is 1. The molecule has 1 aliphatic heterocycles. The SMILES string of the molecule is O=C(C1CC(F)(F)C1)N1Cc2ccc(-c3ncc(F)c(Nc4ccc5[nH]ncc5c4)n3)cc2C1. The number of alkyl halides is 2. The molecule has 1 fully saturated rings. The highest BCUT2D eigenvalue weighted by Crippen LogP contribution is 2.44. The Morgan fingerprint density at radius 1 is 1.09 bits per heavy atom. The molecule has 34 heavy (non-hydrogen) atoms. The van der Waals surface area contributed by atoms with Crippen LogP contribution in [-0.4, -0.2) is 36.9 Å². The van der Waals surface area contributed by atoms with Crippen LogP contribution >= 0.6 is 0 Å². The third-order valence-electron chi connectivity index (χ3n) is 6.38. The van der Waals surface area contributed by atoms with E-state index in [1.807, 2.05) is 30.3 Å². The number of anilines is 2. The van der Waals surface area contributed by atoms with Gasteiger partial charge in [0.25, 0.3) is 0 Å². The first kappa shape index (κ1) is 20.6. The van der Waals surface area contributed by atoms with Crippen LogP contribution in [0.5, 0.6) is 0 Å². The van der Waals surface area contributed by atoms with E-state index in [1.54, 1.807) is 17.2 Å². The van der Waals surface area contributed by atoms with E-state index in [4.69, 9.17) is 0 Å². The summed E-state index contributed by atoms with van der Waals surface area (Å²) in [5, 5.41) is 10.7. The third-order valence-corrected chi connectivity index (χ3v) is 6.38. The second kappa shape index (κ2) is 7.54. The lowest BCUT2D eigenvalue weighted by molar-refractivity contribution is -0.160. The van der Waals surface area contributed by atoms with Crippen molar-refractivity contribution in [1.29, 1.82) is 0 Å². The summed E-state index contributed by atoms with van der Waals surface area (Å²) < 4.78 is 40.8. The van der Waals surface area contributed by atoms with E-state index in [-0.39, 0.29) is 24.6 Å². The number of hydrogen-bond donors (Lipinski definition) is 2. The van der Waals surface area contributed by atoms with Crippen LogP contribution in [0.3, 0.4) is 0 Å². The number of amides is 1. The molecular formula is C24H19F3N6O. The number of rotatable bonds is 4. The number of carbonyl (C=O) groups excluding carboxylic acids is 1. The molecule has 2 aromatic heterocycles. The molecule has 2 N–H and O–H groups in total. The van der Waals surface area contributed by atoms with Gasteiger partial charge in [-0.05, 0) is 35.4 Å². The summed E-state index contributed by atoms with van der Waals surface area (Å²) >= 11 is 0. The molecule has 1 saturated carbocycles. The van der Waals surface area contributed by atoms with Crippen molar-refractivity contribution in [3.8, 4) is 11.4 Å². The maximum atomic E-state index is 14.5. The van der Waals surface area contributed by atoms with Gasteiger partial charge < -0.3 is 10.2 Å². The predicted molar refractivity (Wildman–Crippen MR) is 119 cm³/mol. The van der Waals surface area contributed by atoms with Crippen LogP contribution in [0.15, 0.2) is 48.8 Å². The standard InChI is InChI=1S/C24H19F3N6O/c25-19-10-28-21(31-22(19)30-18-3-4-20-15(6-18)9-29-32-20)13-1-2-14-11-33(12-16(14)5-13)23(34)17-7-24(26,27)8-17/h1-6,9-10,17H,7-8,11-12H2,(H,29,32)(H,28,30,31). The first-order chi connectivity index (χ1) is 16.3. The molecule has 0 atom stereocenters. The lowest BCUT2D eigenvalue weighted by Gasteiger charge is -2.36. The average Bonchev–Trinajstić information content (AvgIpc) is 3.44. The minimum absolute atomic E-state index is 0.0380. The van der Waals surface area contributed by atoms with E-state index in [1.165, 1.54) is 0 Å². The van der Waals surface area contributed by atoms with Crippen molar-refractivity contribution in [2.45, 2.75) is 31.9 Å². The molecule has 2 aliphatic rings. The molecule has 4 aromatic rings. The fourth-order valence-electron chi connectivity index (χ4n) is 4.53. The van der Waals surface area contributed by atoms with Crippen molar-refractivity contribution in [1.82, 2.24) is 25.1 Å². The number of benzene rings is 2. The van der Waals surface area contributed by atoms with E-state index in [0.717, 1.165) is 28.2 Å². The topological polar surface area (TPSA) is 86.8 Å². The molecule has 7 nitrogen and oxygen atoms in total. The number of aromatic nitrogens is 4. The first-order valence-corrected chi connectivity index (χ1v) is 10.9. The summed E-state index contributed by atoms with van der Waals surface area (Å²) in [6.45, 7) is 0.741. The van der Waals surface area contributed by atoms with Crippen molar-refractivity contribution in [3.05, 3.63) is 65.7 Å². The predicted octanol–water partition coefficient (Wildman–Crippen LogP) is 4.79. The summed E-state index contributed by atoms with van der Waals surface area (Å²) in [7, 11) is 0. The smallest absolute Gasteiger partial charge is 0.249 e. The highest BCUT2D eigenvalue weighted by Gasteiger charge is 2.50. The van der Waals surface area contributed by atoms with Gasteiger partial charge >= 0.3 is 0 Å². The zero-order valence-corrected chi connectivity index (χ0v) is 17.9. The molecule has 0 bridgehead atoms. The van der Waals surface area contributed by atoms with Gasteiger partial charge in [-0.2, -0.15) is 5.10 Å². The Bertz CT molecular complexity index is 1430. The van der Waals surface area contributed by atoms with E-state index >= 15 is 0 Å². The molecule has 0 unspecified atom stereocenters. The number of nitrogens with one attached hydrogen (secondary N) is 2. The number of nitrogens with zero attached hydrogens (tertiary/aromatic N) is 4. The van der Waals surface area contributed by atoms with Gasteiger partial charge in [0, 0.05) is 48.5 Å². The summed E-state index contributed by atoms with van der Waals surface area (Å²) in [5.41, 5.74) is 4.06. The van der Waals surface area contributed by atoms with Gasteiger partial charge in [0.05, 0.1) is 17.9 Å². The zero-order chi connectivity index (χ0) is 23.4. The van der Waals surface area contributed by atoms with Crippen LogP contribution in [0.2, 0.25) is 0 Å². The molecule has 1 amide bonds. The third kappa shape index (κ3) is 3.64. The molecule has 172 valence electrons. The number of halogens is 3. The Morgan fingerprint density at radius 2 is 1.91 bits per heavy atom. The fraction of sp³-hybridized carbons (Fsp3) is 0.250. The highest BCUT2D eigenvalue weighted by molar-refractivity contribution is 5.83. The number of carbonyl (C=O) groups is 1. The molecule has 2 aromatic carbocycles. The average molecular weight is 464 g/mol. The minimum Gasteiger partial charge on any atom is -0.338 e. The number of hydrogen-bond acceptors (Lipinski definition) is 5. The second-order valence-electron chi connectivity index (χ2n) is 8.83. The molecule has 0 radical (unpaired) electrons. The monoisotopic (exact) mass is 464 g/mol. The molecule has 3 heterocycles. The van der Waals surface area contributed by atoms with Crippen LogP contribution in [0, 0.1) is 11.7 Å². The van der Waals surface area contributed by atoms with Gasteiger partial charge in [0.2, 0.25) is 11.8 Å². The Labute approximate surface area is 192 Å². The van der Waals surface area contributed by atoms with Crippen molar-refractivity contribution in [2.75, 3.05) is 5.32 Å². The highest BCUT2D eigenvalue weighted by atomic mass is 19.3. The van der Waals surface area contributed by atoms with Crippen molar-refractivity contribution in [3.63, 3.8) is 0 Å². The molecule has 0 spiro atoms. The molecule has 10 heteroatoms. The van der Waals surface area contributed by atoms with E-state index in [9.17, 15) is 18.0 Å². The quantitative estimate of drug-likeness (QED) is 0.454. The lowest BCUT2D eigenvalue weighted by Crippen LogP contribution is -2.45. The molecule has 1 aliphatic carbocycles. The van der Waals surface area contributed by atoms with Gasteiger partial charge in [-0.1, -0.05) is 12.1 Å². The summed E-state index contributed by atoms with van der Waals surface area (Å²) in [5.74, 6) is -3.79. The maximum Gasteiger partial charge on any atom is 0.249 e. The largest absolute Gasteiger partial charge is 0.338 e. The maximum absolute atomic E-state index is 14.5. The molecule has 0 saturated heterocycles. The van der Waals surface area contributed by atoms with Crippen molar-refractivity contribution < 1.29 is 18.0 Å². The normalized spacial score (nSPS) is 17.0. The van der Waals surface area contributed by atoms with Crippen LogP contribution < -0.4 is 5.32 Å². The Hall–Kier alpha value is -3.95. The van der Waals surface area contributed by atoms with Crippen LogP contribution in [0.4, 0.5) is 24.7 Å². The summed E-state index contributed by atoms with van der Waals surface area (Å²) in [4.78, 5) is 22.7. The minimum atomic E-state index is -2.73. The second-order valence-corrected chi connectivity index (χ2v) is 8.83. The van der Waals surface area contributed by atoms with Crippen molar-refractivity contribution in [2.24, 2.45) is 5.92 Å². The van der Waals surface area contributed by atoms with Gasteiger partial charge in [-0.3, -0.25) is 9.89 Å². The van der Waals surface area contributed by atoms with E-state index in [2.05, 4.69) is 25.5 Å². The van der Waals surface area contributed by atoms with E-state index < -0.39 is 17.7 Å². The zero-order valence-electron chi connectivity index (χ0n) is 17.9. The van der Waals surface area contributed by atoms with Gasteiger partial charge in [-0.15, -0.1) is 0 Å². The molecular weight excluding hydrogens is 445 g/mol. The molecule has 6 rings (SSSR count). The number of fused-ring (bicyclic) bond motifs is 2. The Morgan fingerprint density at radius 3 is 2.74 bits per heavy atom. The fourth-order valence-corrected chi connectivity index (χ4v) is 4.53. The van der Waals surface area contributed by atoms with E-state index in [0.29, 0.717) is 30.2 Å². The van der Waals surface area contributed by atoms with Crippen LogP contribution in [-0.2, 0) is 17.9 Å². The summed E-state index contributed by atoms with van der Waals surface area (Å²) in [6.07, 6.45) is 2.03. The lowest BCUT2D eigenvalue weighted by atomic mass is 9.80. The van der Waals surface area contributed by atoms with Gasteiger partial charge in [0.15, 0.2) is 17.5 Å². The van der Waals surface area contributed by atoms with Crippen LogP contribution in [0.25, 0.3) is 22.3 Å². The Balaban J connectivity index is 1.22. The van der Waals surface area contributed by atoms with Crippen LogP contribution in [0.1, 0.15) is 24.0 Å². The summed E-state index contributed by atoms with van der Waals surface area (Å²) in [6, 6.07) is 11.0. The van der Waals surface area contributed by atoms with Crippen molar-refractivity contribution >= 4 is 28.3 Å².